The van der Waals surface area contributed by atoms with E-state index in [4.69, 9.17) is 19.6 Å². The molecule has 200 valence electrons. The van der Waals surface area contributed by atoms with Crippen LogP contribution in [0.25, 0.3) is 82.6 Å². The molecule has 9 rings (SSSR count). The molecule has 4 nitrogen and oxygen atoms in total. The molecule has 43 heavy (non-hydrogen) atoms. The second-order valence-electron chi connectivity index (χ2n) is 10.4. The van der Waals surface area contributed by atoms with Gasteiger partial charge in [-0.2, -0.15) is 0 Å². The van der Waals surface area contributed by atoms with Crippen LogP contribution in [-0.2, 0) is 0 Å². The van der Waals surface area contributed by atoms with E-state index in [1.165, 1.54) is 0 Å². The van der Waals surface area contributed by atoms with Gasteiger partial charge in [0.25, 0.3) is 0 Å². The minimum Gasteiger partial charge on any atom is -0.278 e. The highest BCUT2D eigenvalue weighted by atomic mass is 15.2. The van der Waals surface area contributed by atoms with E-state index < -0.39 is 24.2 Å². The number of hydrogen-bond acceptors (Lipinski definition) is 3. The minimum absolute atomic E-state index is 0.0865. The lowest BCUT2D eigenvalue weighted by atomic mass is 9.99. The zero-order valence-electron chi connectivity index (χ0n) is 29.6. The van der Waals surface area contributed by atoms with Crippen molar-refractivity contribution in [2.24, 2.45) is 0 Å². The number of fused-ring (bicyclic) bond motifs is 6. The molecule has 0 fully saturated rings. The second-order valence-corrected chi connectivity index (χ2v) is 10.4. The quantitative estimate of drug-likeness (QED) is 0.218. The molecule has 6 aromatic carbocycles. The fourth-order valence-corrected chi connectivity index (χ4v) is 5.90. The maximum absolute atomic E-state index is 9.11. The van der Waals surface area contributed by atoms with Gasteiger partial charge in [0.2, 0.25) is 5.95 Å². The maximum atomic E-state index is 9.11. The molecule has 0 unspecified atom stereocenters. The zero-order valence-corrected chi connectivity index (χ0v) is 22.6. The molecule has 3 aromatic heterocycles. The number of hydrogen-bond donors (Lipinski definition) is 0. The first-order valence-corrected chi connectivity index (χ1v) is 13.9. The summed E-state index contributed by atoms with van der Waals surface area (Å²) in [6.07, 6.45) is 3.41. The van der Waals surface area contributed by atoms with Crippen LogP contribution in [0.1, 0.15) is 9.60 Å². The van der Waals surface area contributed by atoms with Crippen molar-refractivity contribution in [3.8, 4) is 28.3 Å². The summed E-state index contributed by atoms with van der Waals surface area (Å²) in [5.74, 6) is 0.425. The fraction of sp³-hybridized carbons (Fsp3) is 0. The van der Waals surface area contributed by atoms with Gasteiger partial charge in [-0.15, -0.1) is 0 Å². The Balaban J connectivity index is 1.37. The second kappa shape index (κ2) is 9.33. The average molecular weight is 556 g/mol. The summed E-state index contributed by atoms with van der Waals surface area (Å²) in [4.78, 5) is 14.5. The van der Waals surface area contributed by atoms with Crippen LogP contribution in [-0.4, -0.2) is 19.5 Å². The minimum atomic E-state index is -0.501. The van der Waals surface area contributed by atoms with Crippen molar-refractivity contribution in [1.29, 1.82) is 0 Å². The zero-order chi connectivity index (χ0) is 34.4. The van der Waals surface area contributed by atoms with Crippen molar-refractivity contribution in [2.75, 3.05) is 0 Å². The highest BCUT2D eigenvalue weighted by Gasteiger charge is 2.18. The summed E-state index contributed by atoms with van der Waals surface area (Å²) in [6.45, 7) is 0. The molecule has 0 bridgehead atoms. The Morgan fingerprint density at radius 2 is 1.33 bits per heavy atom. The first kappa shape index (κ1) is 17.8. The smallest absolute Gasteiger partial charge is 0.235 e. The average Bonchev–Trinajstić information content (AvgIpc) is 3.46. The summed E-state index contributed by atoms with van der Waals surface area (Å²) in [5.41, 5.74) is 4.40. The van der Waals surface area contributed by atoms with Gasteiger partial charge in [-0.05, 0) is 81.2 Å². The van der Waals surface area contributed by atoms with Crippen LogP contribution in [0, 0.1) is 0 Å². The van der Waals surface area contributed by atoms with Gasteiger partial charge in [0.05, 0.1) is 31.8 Å². The summed E-state index contributed by atoms with van der Waals surface area (Å²) >= 11 is 0. The number of para-hydroxylation sites is 1. The third-order valence-electron chi connectivity index (χ3n) is 7.92. The van der Waals surface area contributed by atoms with E-state index in [1.54, 1.807) is 24.5 Å². The van der Waals surface area contributed by atoms with Gasteiger partial charge in [0.15, 0.2) is 0 Å². The van der Waals surface area contributed by atoms with Crippen LogP contribution < -0.4 is 0 Å². The number of aromatic nitrogens is 4. The Morgan fingerprint density at radius 1 is 0.535 bits per heavy atom. The molecule has 9 aromatic rings. The summed E-state index contributed by atoms with van der Waals surface area (Å²) < 4.78 is 62.1. The van der Waals surface area contributed by atoms with Gasteiger partial charge in [-0.3, -0.25) is 9.55 Å². The monoisotopic (exact) mass is 555 g/mol. The molecule has 0 spiro atoms. The highest BCUT2D eigenvalue weighted by Crippen LogP contribution is 2.36. The van der Waals surface area contributed by atoms with Crippen LogP contribution in [0.5, 0.6) is 0 Å². The Kier molecular flexibility index (Phi) is 3.87. The van der Waals surface area contributed by atoms with E-state index in [-0.39, 0.29) is 34.5 Å². The topological polar surface area (TPSA) is 43.6 Å². The third-order valence-corrected chi connectivity index (χ3v) is 7.92. The molecule has 0 aliphatic carbocycles. The number of benzene rings is 6. The van der Waals surface area contributed by atoms with Gasteiger partial charge >= 0.3 is 0 Å². The van der Waals surface area contributed by atoms with E-state index in [1.807, 2.05) is 53.1 Å². The lowest BCUT2D eigenvalue weighted by Crippen LogP contribution is -2.03. The first-order valence-electron chi connectivity index (χ1n) is 17.4. The van der Waals surface area contributed by atoms with E-state index in [0.29, 0.717) is 22.7 Å². The predicted octanol–water partition coefficient (Wildman–Crippen LogP) is 9.76. The van der Waals surface area contributed by atoms with Crippen molar-refractivity contribution in [2.45, 2.75) is 0 Å². The molecule has 0 aliphatic rings. The van der Waals surface area contributed by atoms with E-state index >= 15 is 0 Å². The SMILES string of the molecule is [2H]c1c([2H])c([2H])c2c([2H])c(-c3ccc4c(-c5ccncc5)nc(-n5c6ccccc6c6cc7ccccc7cc65)nc4c3)c([2H])c([2H])c2c1[2H]. The Bertz CT molecular complexity index is 2910. The molecule has 0 saturated heterocycles. The molecular weight excluding hydrogens is 524 g/mol. The first-order chi connectivity index (χ1) is 24.2. The summed E-state index contributed by atoms with van der Waals surface area (Å²) in [7, 11) is 0. The Morgan fingerprint density at radius 3 is 2.21 bits per heavy atom. The van der Waals surface area contributed by atoms with Crippen molar-refractivity contribution >= 4 is 54.3 Å². The summed E-state index contributed by atoms with van der Waals surface area (Å²) in [6, 6.07) is 27.0. The van der Waals surface area contributed by atoms with Crippen LogP contribution in [0.4, 0.5) is 0 Å². The highest BCUT2D eigenvalue weighted by molar-refractivity contribution is 6.13. The molecule has 0 radical (unpaired) electrons. The molecule has 3 heterocycles. The van der Waals surface area contributed by atoms with Gasteiger partial charge in [-0.25, -0.2) is 9.97 Å². The predicted molar refractivity (Wildman–Crippen MR) is 178 cm³/mol. The van der Waals surface area contributed by atoms with E-state index in [0.717, 1.165) is 43.5 Å². The number of nitrogens with zero attached hydrogens (tertiary/aromatic N) is 4. The van der Waals surface area contributed by atoms with Gasteiger partial charge in [-0.1, -0.05) is 84.8 Å². The number of rotatable bonds is 3. The van der Waals surface area contributed by atoms with Crippen molar-refractivity contribution < 1.29 is 9.60 Å². The molecule has 4 heteroatoms. The van der Waals surface area contributed by atoms with E-state index in [2.05, 4.69) is 35.3 Å². The van der Waals surface area contributed by atoms with Crippen LogP contribution in [0.3, 0.4) is 0 Å². The largest absolute Gasteiger partial charge is 0.278 e. The Hall–Kier alpha value is -5.87. The third kappa shape index (κ3) is 3.81. The molecule has 0 N–H and O–H groups in total. The summed E-state index contributed by atoms with van der Waals surface area (Å²) in [5, 5.41) is 4.80. The van der Waals surface area contributed by atoms with Crippen molar-refractivity contribution in [3.05, 3.63) is 146 Å². The van der Waals surface area contributed by atoms with Crippen LogP contribution in [0.15, 0.2) is 146 Å². The number of pyridine rings is 1. The molecule has 0 aliphatic heterocycles. The van der Waals surface area contributed by atoms with Gasteiger partial charge in [0.1, 0.15) is 0 Å². The normalized spacial score (nSPS) is 14.0. The van der Waals surface area contributed by atoms with Crippen LogP contribution in [0.2, 0.25) is 0 Å². The lowest BCUT2D eigenvalue weighted by molar-refractivity contribution is 1.01. The van der Waals surface area contributed by atoms with Gasteiger partial charge < -0.3 is 0 Å². The Labute approximate surface area is 257 Å². The van der Waals surface area contributed by atoms with Crippen molar-refractivity contribution in [3.63, 3.8) is 0 Å². The fourth-order valence-electron chi connectivity index (χ4n) is 5.90. The van der Waals surface area contributed by atoms with Gasteiger partial charge in [0, 0.05) is 34.1 Å². The molecular formula is C39H24N4. The van der Waals surface area contributed by atoms with E-state index in [9.17, 15) is 0 Å². The standard InChI is InChI=1S/C39H24N4/c1-2-8-27-21-30(14-13-25(27)7-1)31-15-16-33-35(23-31)41-39(42-38(33)26-17-19-40-20-18-26)43-36-12-6-5-11-32(36)34-22-28-9-3-4-10-29(28)24-37(34)43/h1-24H/i1D,2D,7D,8D,13D,14D,21D. The lowest BCUT2D eigenvalue weighted by Gasteiger charge is -2.13. The molecule has 0 amide bonds. The molecule has 0 atom stereocenters. The maximum Gasteiger partial charge on any atom is 0.235 e. The van der Waals surface area contributed by atoms with Crippen molar-refractivity contribution in [1.82, 2.24) is 19.5 Å². The van der Waals surface area contributed by atoms with Crippen LogP contribution >= 0.6 is 0 Å². The molecule has 0 saturated carbocycles.